The van der Waals surface area contributed by atoms with Crippen LogP contribution in [0.2, 0.25) is 15.1 Å². The zero-order valence-corrected chi connectivity index (χ0v) is 11.2. The van der Waals surface area contributed by atoms with Crippen LogP contribution in [0.4, 0.5) is 0 Å². The van der Waals surface area contributed by atoms with Crippen LogP contribution in [0.5, 0.6) is 0 Å². The first-order valence-corrected chi connectivity index (χ1v) is 6.16. The zero-order valence-electron chi connectivity index (χ0n) is 8.93. The molecule has 1 atom stereocenters. The lowest BCUT2D eigenvalue weighted by Gasteiger charge is -2.14. The molecule has 1 rings (SSSR count). The number of aliphatic hydroxyl groups is 1. The van der Waals surface area contributed by atoms with Crippen LogP contribution >= 0.6 is 34.8 Å². The Morgan fingerprint density at radius 1 is 1.25 bits per heavy atom. The van der Waals surface area contributed by atoms with E-state index in [2.05, 4.69) is 5.32 Å². The molecule has 0 aromatic heterocycles. The third-order valence-electron chi connectivity index (χ3n) is 2.33. The molecular weight excluding hydrogens is 268 g/mol. The molecule has 2 nitrogen and oxygen atoms in total. The molecule has 1 unspecified atom stereocenters. The minimum atomic E-state index is 0.158. The summed E-state index contributed by atoms with van der Waals surface area (Å²) in [4.78, 5) is 0. The van der Waals surface area contributed by atoms with E-state index in [1.165, 1.54) is 0 Å². The van der Waals surface area contributed by atoms with Crippen LogP contribution in [0.1, 0.15) is 18.9 Å². The average Bonchev–Trinajstić information content (AvgIpc) is 2.24. The lowest BCUT2D eigenvalue weighted by molar-refractivity contribution is 0.268. The lowest BCUT2D eigenvalue weighted by atomic mass is 10.2. The highest BCUT2D eigenvalue weighted by atomic mass is 35.5. The van der Waals surface area contributed by atoms with Gasteiger partial charge in [0.05, 0.1) is 10.0 Å². The molecule has 0 aliphatic heterocycles. The number of benzene rings is 1. The Morgan fingerprint density at radius 3 is 2.50 bits per heavy atom. The van der Waals surface area contributed by atoms with Crippen LogP contribution in [0.15, 0.2) is 12.1 Å². The van der Waals surface area contributed by atoms with E-state index in [0.717, 1.165) is 5.56 Å². The van der Waals surface area contributed by atoms with E-state index in [1.54, 1.807) is 12.1 Å². The molecule has 0 saturated heterocycles. The second-order valence-corrected chi connectivity index (χ2v) is 4.81. The summed E-state index contributed by atoms with van der Waals surface area (Å²) in [6, 6.07) is 3.60. The maximum atomic E-state index is 8.77. The molecule has 0 spiro atoms. The van der Waals surface area contributed by atoms with Crippen molar-refractivity contribution in [2.45, 2.75) is 25.9 Å². The molecular formula is C11H14Cl3NO. The van der Waals surface area contributed by atoms with E-state index in [-0.39, 0.29) is 12.6 Å². The van der Waals surface area contributed by atoms with E-state index in [4.69, 9.17) is 39.9 Å². The van der Waals surface area contributed by atoms with E-state index < -0.39 is 0 Å². The summed E-state index contributed by atoms with van der Waals surface area (Å²) in [5, 5.41) is 13.6. The van der Waals surface area contributed by atoms with Gasteiger partial charge < -0.3 is 10.4 Å². The van der Waals surface area contributed by atoms with Crippen LogP contribution in [-0.2, 0) is 6.54 Å². The van der Waals surface area contributed by atoms with Crippen LogP contribution in [0, 0.1) is 0 Å². The molecule has 0 bridgehead atoms. The first-order chi connectivity index (χ1) is 7.56. The van der Waals surface area contributed by atoms with Gasteiger partial charge in [0.15, 0.2) is 0 Å². The molecule has 5 heteroatoms. The van der Waals surface area contributed by atoms with Crippen molar-refractivity contribution in [1.82, 2.24) is 5.32 Å². The summed E-state index contributed by atoms with van der Waals surface area (Å²) in [6.07, 6.45) is 0.690. The van der Waals surface area contributed by atoms with Gasteiger partial charge in [-0.3, -0.25) is 0 Å². The number of hydrogen-bond donors (Lipinski definition) is 2. The molecule has 2 N–H and O–H groups in total. The Morgan fingerprint density at radius 2 is 1.88 bits per heavy atom. The SMILES string of the molecule is CC(CCO)NCc1c(Cl)ccc(Cl)c1Cl. The van der Waals surface area contributed by atoms with Gasteiger partial charge in [0.1, 0.15) is 0 Å². The molecule has 0 aliphatic carbocycles. The first kappa shape index (κ1) is 14.1. The van der Waals surface area contributed by atoms with Crippen molar-refractivity contribution >= 4 is 34.8 Å². The molecule has 90 valence electrons. The highest BCUT2D eigenvalue weighted by Crippen LogP contribution is 2.31. The first-order valence-electron chi connectivity index (χ1n) is 5.03. The summed E-state index contributed by atoms with van der Waals surface area (Å²) in [6.45, 7) is 2.69. The second kappa shape index (κ2) is 6.67. The largest absolute Gasteiger partial charge is 0.396 e. The highest BCUT2D eigenvalue weighted by molar-refractivity contribution is 6.44. The highest BCUT2D eigenvalue weighted by Gasteiger charge is 2.10. The van der Waals surface area contributed by atoms with Gasteiger partial charge in [0.25, 0.3) is 0 Å². The van der Waals surface area contributed by atoms with Gasteiger partial charge in [0, 0.05) is 29.8 Å². The van der Waals surface area contributed by atoms with Crippen molar-refractivity contribution in [3.63, 3.8) is 0 Å². The van der Waals surface area contributed by atoms with Crippen molar-refractivity contribution in [2.24, 2.45) is 0 Å². The van der Waals surface area contributed by atoms with Gasteiger partial charge in [-0.1, -0.05) is 34.8 Å². The van der Waals surface area contributed by atoms with Gasteiger partial charge in [-0.2, -0.15) is 0 Å². The quantitative estimate of drug-likeness (QED) is 0.810. The minimum Gasteiger partial charge on any atom is -0.396 e. The Labute approximate surface area is 111 Å². The monoisotopic (exact) mass is 281 g/mol. The van der Waals surface area contributed by atoms with E-state index in [9.17, 15) is 0 Å². The molecule has 0 saturated carbocycles. The topological polar surface area (TPSA) is 32.3 Å². The van der Waals surface area contributed by atoms with Gasteiger partial charge >= 0.3 is 0 Å². The van der Waals surface area contributed by atoms with Crippen LogP contribution in [-0.4, -0.2) is 17.8 Å². The number of halogens is 3. The Hall–Kier alpha value is 0.01000. The number of aliphatic hydroxyl groups excluding tert-OH is 1. The third-order valence-corrected chi connectivity index (χ3v) is 3.53. The fraction of sp³-hybridized carbons (Fsp3) is 0.455. The minimum absolute atomic E-state index is 0.158. The van der Waals surface area contributed by atoms with Crippen LogP contribution in [0.25, 0.3) is 0 Å². The average molecular weight is 283 g/mol. The van der Waals surface area contributed by atoms with Crippen molar-refractivity contribution < 1.29 is 5.11 Å². The van der Waals surface area contributed by atoms with Crippen molar-refractivity contribution in [1.29, 1.82) is 0 Å². The Kier molecular flexibility index (Phi) is 5.87. The van der Waals surface area contributed by atoms with E-state index in [1.807, 2.05) is 6.92 Å². The van der Waals surface area contributed by atoms with Gasteiger partial charge in [-0.15, -0.1) is 0 Å². The maximum absolute atomic E-state index is 8.77. The summed E-state index contributed by atoms with van der Waals surface area (Å²) < 4.78 is 0. The molecule has 0 amide bonds. The van der Waals surface area contributed by atoms with Gasteiger partial charge in [-0.05, 0) is 25.5 Å². The van der Waals surface area contributed by atoms with Crippen molar-refractivity contribution in [3.8, 4) is 0 Å². The maximum Gasteiger partial charge on any atom is 0.0652 e. The third kappa shape index (κ3) is 3.79. The molecule has 1 aromatic carbocycles. The summed E-state index contributed by atoms with van der Waals surface area (Å²) in [7, 11) is 0. The predicted octanol–water partition coefficient (Wildman–Crippen LogP) is 3.51. The molecule has 16 heavy (non-hydrogen) atoms. The smallest absolute Gasteiger partial charge is 0.0652 e. The summed E-state index contributed by atoms with van der Waals surface area (Å²) >= 11 is 18.0. The fourth-order valence-corrected chi connectivity index (χ4v) is 1.98. The lowest BCUT2D eigenvalue weighted by Crippen LogP contribution is -2.26. The number of hydrogen-bond acceptors (Lipinski definition) is 2. The van der Waals surface area contributed by atoms with Gasteiger partial charge in [0.2, 0.25) is 0 Å². The second-order valence-electron chi connectivity index (χ2n) is 3.62. The van der Waals surface area contributed by atoms with Gasteiger partial charge in [-0.25, -0.2) is 0 Å². The number of rotatable bonds is 5. The van der Waals surface area contributed by atoms with Crippen molar-refractivity contribution in [2.75, 3.05) is 6.61 Å². The van der Waals surface area contributed by atoms with Crippen LogP contribution < -0.4 is 5.32 Å². The van der Waals surface area contributed by atoms with Crippen molar-refractivity contribution in [3.05, 3.63) is 32.8 Å². The predicted molar refractivity (Wildman–Crippen MR) is 69.5 cm³/mol. The number of nitrogens with one attached hydrogen (secondary N) is 1. The molecule has 0 radical (unpaired) electrons. The molecule has 0 heterocycles. The summed E-state index contributed by atoms with van der Waals surface area (Å²) in [5.74, 6) is 0. The fourth-order valence-electron chi connectivity index (χ4n) is 1.30. The standard InChI is InChI=1S/C11H14Cl3NO/c1-7(4-5-16)15-6-8-9(12)2-3-10(13)11(8)14/h2-3,7,15-16H,4-6H2,1H3. The summed E-state index contributed by atoms with van der Waals surface area (Å²) in [5.41, 5.74) is 0.792. The molecule has 0 fully saturated rings. The Bertz CT molecular complexity index is 357. The Balaban J connectivity index is 2.70. The van der Waals surface area contributed by atoms with E-state index in [0.29, 0.717) is 28.0 Å². The zero-order chi connectivity index (χ0) is 12.1. The molecule has 0 aliphatic rings. The normalized spacial score (nSPS) is 12.8. The van der Waals surface area contributed by atoms with Crippen LogP contribution in [0.3, 0.4) is 0 Å². The van der Waals surface area contributed by atoms with E-state index >= 15 is 0 Å². The molecule has 1 aromatic rings.